The van der Waals surface area contributed by atoms with Crippen molar-refractivity contribution in [2.45, 2.75) is 11.4 Å². The predicted molar refractivity (Wildman–Crippen MR) is 119 cm³/mol. The Balaban J connectivity index is 1.66. The van der Waals surface area contributed by atoms with Crippen LogP contribution in [-0.4, -0.2) is 62.0 Å². The van der Waals surface area contributed by atoms with Crippen LogP contribution in [0.5, 0.6) is 5.75 Å². The van der Waals surface area contributed by atoms with Crippen LogP contribution in [0, 0.1) is 0 Å². The molecule has 0 aliphatic rings. The van der Waals surface area contributed by atoms with Crippen LogP contribution >= 0.6 is 0 Å². The third kappa shape index (κ3) is 5.35. The van der Waals surface area contributed by atoms with Crippen LogP contribution in [0.2, 0.25) is 0 Å². The summed E-state index contributed by atoms with van der Waals surface area (Å²) in [7, 11) is 0.389. The third-order valence-electron chi connectivity index (χ3n) is 4.62. The maximum absolute atomic E-state index is 12.4. The zero-order chi connectivity index (χ0) is 24.2. The zero-order valence-corrected chi connectivity index (χ0v) is 19.0. The van der Waals surface area contributed by atoms with Gasteiger partial charge in [0, 0.05) is 14.1 Å². The summed E-state index contributed by atoms with van der Waals surface area (Å²) in [5.74, 6) is -1.31. The molecular weight excluding hydrogens is 452 g/mol. The molecule has 1 amide bonds. The number of amides is 1. The molecule has 0 aliphatic heterocycles. The minimum absolute atomic E-state index is 0.0521. The molecule has 0 saturated heterocycles. The van der Waals surface area contributed by atoms with E-state index in [1.807, 2.05) is 0 Å². The standard InChI is InChI=1S/C21H22N4O7S/c1-24(2)33(29,30)14-8-9-18(31-3)17(10-14)23-19(26)12-32-20(27)11-25-13-22-16-7-5-4-6-15(16)21(25)28/h4-10,13H,11-12H2,1-3H3,(H,23,26). The number of esters is 1. The molecule has 3 aromatic rings. The summed E-state index contributed by atoms with van der Waals surface area (Å²) < 4.78 is 36.9. The van der Waals surface area contributed by atoms with Gasteiger partial charge in [-0.2, -0.15) is 0 Å². The number of anilines is 1. The average Bonchev–Trinajstić information content (AvgIpc) is 2.79. The number of hydrogen-bond donors (Lipinski definition) is 1. The van der Waals surface area contributed by atoms with Gasteiger partial charge in [0.25, 0.3) is 11.5 Å². The van der Waals surface area contributed by atoms with Crippen LogP contribution in [-0.2, 0) is 30.9 Å². The van der Waals surface area contributed by atoms with E-state index in [0.29, 0.717) is 10.9 Å². The highest BCUT2D eigenvalue weighted by molar-refractivity contribution is 7.89. The Hall–Kier alpha value is -3.77. The first-order valence-corrected chi connectivity index (χ1v) is 11.1. The highest BCUT2D eigenvalue weighted by Crippen LogP contribution is 2.28. The number of nitrogens with zero attached hydrogens (tertiary/aromatic N) is 3. The maximum atomic E-state index is 12.4. The molecule has 0 bridgehead atoms. The molecular formula is C21H22N4O7S. The van der Waals surface area contributed by atoms with Crippen molar-refractivity contribution in [1.29, 1.82) is 0 Å². The number of aromatic nitrogens is 2. The molecule has 0 unspecified atom stereocenters. The summed E-state index contributed by atoms with van der Waals surface area (Å²) in [4.78, 5) is 40.9. The number of carbonyl (C=O) groups excluding carboxylic acids is 2. The van der Waals surface area contributed by atoms with Gasteiger partial charge in [0.05, 0.1) is 34.9 Å². The topological polar surface area (TPSA) is 137 Å². The molecule has 174 valence electrons. The molecule has 12 heteroatoms. The first-order valence-electron chi connectivity index (χ1n) is 9.63. The average molecular weight is 474 g/mol. The summed E-state index contributed by atoms with van der Waals surface area (Å²) in [6.07, 6.45) is 1.23. The van der Waals surface area contributed by atoms with Crippen LogP contribution in [0.3, 0.4) is 0 Å². The van der Waals surface area contributed by atoms with E-state index in [0.717, 1.165) is 8.87 Å². The zero-order valence-electron chi connectivity index (χ0n) is 18.1. The number of sulfonamides is 1. The monoisotopic (exact) mass is 474 g/mol. The van der Waals surface area contributed by atoms with Gasteiger partial charge < -0.3 is 14.8 Å². The van der Waals surface area contributed by atoms with Gasteiger partial charge in [-0.25, -0.2) is 17.7 Å². The Labute approximate surface area is 189 Å². The molecule has 1 aromatic heterocycles. The van der Waals surface area contributed by atoms with Crippen LogP contribution in [0.4, 0.5) is 5.69 Å². The number of para-hydroxylation sites is 1. The summed E-state index contributed by atoms with van der Waals surface area (Å²) >= 11 is 0. The van der Waals surface area contributed by atoms with E-state index < -0.39 is 40.6 Å². The fourth-order valence-electron chi connectivity index (χ4n) is 2.89. The Morgan fingerprint density at radius 1 is 1.15 bits per heavy atom. The van der Waals surface area contributed by atoms with Gasteiger partial charge in [-0.1, -0.05) is 12.1 Å². The van der Waals surface area contributed by atoms with E-state index in [-0.39, 0.29) is 16.3 Å². The van der Waals surface area contributed by atoms with Crippen molar-refractivity contribution in [1.82, 2.24) is 13.9 Å². The van der Waals surface area contributed by atoms with E-state index >= 15 is 0 Å². The van der Waals surface area contributed by atoms with E-state index in [1.54, 1.807) is 24.3 Å². The molecule has 3 rings (SSSR count). The van der Waals surface area contributed by atoms with E-state index in [2.05, 4.69) is 10.3 Å². The quantitative estimate of drug-likeness (QED) is 0.474. The van der Waals surface area contributed by atoms with Crippen molar-refractivity contribution >= 4 is 38.5 Å². The Morgan fingerprint density at radius 3 is 2.58 bits per heavy atom. The predicted octanol–water partition coefficient (Wildman–Crippen LogP) is 0.837. The SMILES string of the molecule is COc1ccc(S(=O)(=O)N(C)C)cc1NC(=O)COC(=O)Cn1cnc2ccccc2c1=O. The van der Waals surface area contributed by atoms with Gasteiger partial charge in [-0.3, -0.25) is 19.0 Å². The fraction of sp³-hybridized carbons (Fsp3) is 0.238. The van der Waals surface area contributed by atoms with Gasteiger partial charge in [0.1, 0.15) is 12.3 Å². The highest BCUT2D eigenvalue weighted by Gasteiger charge is 2.20. The summed E-state index contributed by atoms with van der Waals surface area (Å²) in [6, 6.07) is 10.7. The first kappa shape index (κ1) is 23.9. The number of nitrogens with one attached hydrogen (secondary N) is 1. The molecule has 11 nitrogen and oxygen atoms in total. The number of methoxy groups -OCH3 is 1. The number of benzene rings is 2. The van der Waals surface area contributed by atoms with Crippen molar-refractivity contribution in [3.05, 3.63) is 59.1 Å². The first-order chi connectivity index (χ1) is 15.6. The Kier molecular flexibility index (Phi) is 7.09. The van der Waals surface area contributed by atoms with Crippen LogP contribution in [0.25, 0.3) is 10.9 Å². The minimum atomic E-state index is -3.74. The summed E-state index contributed by atoms with van der Waals surface area (Å²) in [5.41, 5.74) is 0.182. The van der Waals surface area contributed by atoms with Crippen molar-refractivity contribution < 1.29 is 27.5 Å². The molecule has 0 atom stereocenters. The van der Waals surface area contributed by atoms with Crippen molar-refractivity contribution in [2.24, 2.45) is 0 Å². The molecule has 33 heavy (non-hydrogen) atoms. The van der Waals surface area contributed by atoms with Gasteiger partial charge in [0.15, 0.2) is 6.61 Å². The molecule has 0 saturated carbocycles. The fourth-order valence-corrected chi connectivity index (χ4v) is 3.82. The smallest absolute Gasteiger partial charge is 0.326 e. The highest BCUT2D eigenvalue weighted by atomic mass is 32.2. The second kappa shape index (κ2) is 9.79. The molecule has 1 heterocycles. The summed E-state index contributed by atoms with van der Waals surface area (Å²) in [5, 5.41) is 2.81. The van der Waals surface area contributed by atoms with Crippen LogP contribution < -0.4 is 15.6 Å². The normalized spacial score (nSPS) is 11.4. The lowest BCUT2D eigenvalue weighted by Crippen LogP contribution is -2.28. The molecule has 0 fully saturated rings. The Bertz CT molecular complexity index is 1370. The maximum Gasteiger partial charge on any atom is 0.326 e. The van der Waals surface area contributed by atoms with E-state index in [4.69, 9.17) is 9.47 Å². The second-order valence-corrected chi connectivity index (χ2v) is 9.20. The molecule has 2 aromatic carbocycles. The molecule has 1 N–H and O–H groups in total. The van der Waals surface area contributed by atoms with E-state index in [1.165, 1.54) is 45.7 Å². The van der Waals surface area contributed by atoms with Crippen LogP contribution in [0.15, 0.2) is 58.5 Å². The lowest BCUT2D eigenvalue weighted by atomic mass is 10.2. The van der Waals surface area contributed by atoms with Gasteiger partial charge in [-0.05, 0) is 30.3 Å². The largest absolute Gasteiger partial charge is 0.495 e. The van der Waals surface area contributed by atoms with E-state index in [9.17, 15) is 22.8 Å². The van der Waals surface area contributed by atoms with Crippen molar-refractivity contribution in [2.75, 3.05) is 33.1 Å². The number of rotatable bonds is 8. The van der Waals surface area contributed by atoms with Gasteiger partial charge in [0.2, 0.25) is 10.0 Å². The van der Waals surface area contributed by atoms with Crippen molar-refractivity contribution in [3.63, 3.8) is 0 Å². The number of carbonyl (C=O) groups is 2. The molecule has 0 radical (unpaired) electrons. The lowest BCUT2D eigenvalue weighted by Gasteiger charge is -2.15. The lowest BCUT2D eigenvalue weighted by molar-refractivity contribution is -0.147. The van der Waals surface area contributed by atoms with Crippen molar-refractivity contribution in [3.8, 4) is 5.75 Å². The molecule has 0 aliphatic carbocycles. The number of fused-ring (bicyclic) bond motifs is 1. The third-order valence-corrected chi connectivity index (χ3v) is 6.43. The van der Waals surface area contributed by atoms with Gasteiger partial charge >= 0.3 is 5.97 Å². The summed E-state index contributed by atoms with van der Waals surface area (Å²) in [6.45, 7) is -1.08. The Morgan fingerprint density at radius 2 is 1.88 bits per heavy atom. The number of hydrogen-bond acceptors (Lipinski definition) is 8. The molecule has 0 spiro atoms. The number of ether oxygens (including phenoxy) is 2. The second-order valence-electron chi connectivity index (χ2n) is 7.05. The minimum Gasteiger partial charge on any atom is -0.495 e. The van der Waals surface area contributed by atoms with Gasteiger partial charge in [-0.15, -0.1) is 0 Å². The van der Waals surface area contributed by atoms with Crippen LogP contribution in [0.1, 0.15) is 0 Å².